The van der Waals surface area contributed by atoms with Gasteiger partial charge in [0, 0.05) is 31.1 Å². The molecule has 0 amide bonds. The van der Waals surface area contributed by atoms with E-state index in [-0.39, 0.29) is 0 Å². The van der Waals surface area contributed by atoms with E-state index in [0.717, 1.165) is 11.5 Å². The van der Waals surface area contributed by atoms with Gasteiger partial charge in [-0.1, -0.05) is 0 Å². The third kappa shape index (κ3) is 2.56. The number of aromatic amines is 1. The zero-order valence-electron chi connectivity index (χ0n) is 10.6. The van der Waals surface area contributed by atoms with Crippen molar-refractivity contribution in [2.24, 2.45) is 0 Å². The fourth-order valence-electron chi connectivity index (χ4n) is 2.01. The summed E-state index contributed by atoms with van der Waals surface area (Å²) in [6.45, 7) is 3.35. The van der Waals surface area contributed by atoms with Gasteiger partial charge in [-0.05, 0) is 14.0 Å². The molecule has 0 unspecified atom stereocenters. The first kappa shape index (κ1) is 13.9. The fourth-order valence-corrected chi connectivity index (χ4v) is 4.92. The van der Waals surface area contributed by atoms with Crippen molar-refractivity contribution in [1.29, 1.82) is 0 Å². The van der Waals surface area contributed by atoms with Gasteiger partial charge in [0.25, 0.3) is 0 Å². The number of hydrogen-bond acceptors (Lipinski definition) is 5. The predicted octanol–water partition coefficient (Wildman–Crippen LogP) is 0.175. The van der Waals surface area contributed by atoms with Crippen molar-refractivity contribution in [2.75, 3.05) is 31.6 Å². The van der Waals surface area contributed by atoms with Crippen molar-refractivity contribution in [3.05, 3.63) is 11.4 Å². The molecule has 0 radical (unpaired) electrons. The Morgan fingerprint density at radius 1 is 1.44 bits per heavy atom. The van der Waals surface area contributed by atoms with Crippen LogP contribution in [0.3, 0.4) is 0 Å². The standard InChI is InChI=1S/C10H18N4O2S2/c1-8-10(9(7-11-2)13-12-8)18(15,16)14-3-5-17-6-4-14/h11H,3-7H2,1-2H3,(H,12,13). The fraction of sp³-hybridized carbons (Fsp3) is 0.700. The van der Waals surface area contributed by atoms with Crippen molar-refractivity contribution in [2.45, 2.75) is 18.4 Å². The number of rotatable bonds is 4. The van der Waals surface area contributed by atoms with Crippen molar-refractivity contribution >= 4 is 21.8 Å². The van der Waals surface area contributed by atoms with Crippen LogP contribution in [-0.2, 0) is 16.6 Å². The zero-order valence-corrected chi connectivity index (χ0v) is 12.2. The quantitative estimate of drug-likeness (QED) is 0.827. The molecular formula is C10H18N4O2S2. The Morgan fingerprint density at radius 2 is 2.11 bits per heavy atom. The first-order chi connectivity index (χ1) is 8.57. The largest absolute Gasteiger partial charge is 0.314 e. The van der Waals surface area contributed by atoms with Crippen molar-refractivity contribution in [3.8, 4) is 0 Å². The van der Waals surface area contributed by atoms with E-state index in [1.54, 1.807) is 30.0 Å². The van der Waals surface area contributed by atoms with Gasteiger partial charge in [0.05, 0.1) is 11.4 Å². The zero-order chi connectivity index (χ0) is 13.2. The third-order valence-electron chi connectivity index (χ3n) is 2.87. The SMILES string of the molecule is CNCc1n[nH]c(C)c1S(=O)(=O)N1CCSCC1. The van der Waals surface area contributed by atoms with Gasteiger partial charge in [-0.25, -0.2) is 8.42 Å². The molecule has 1 fully saturated rings. The Bertz CT molecular complexity index is 506. The second-order valence-electron chi connectivity index (χ2n) is 4.17. The highest BCUT2D eigenvalue weighted by molar-refractivity contribution is 7.99. The van der Waals surface area contributed by atoms with Crippen LogP contribution in [0.1, 0.15) is 11.4 Å². The van der Waals surface area contributed by atoms with Crippen LogP contribution >= 0.6 is 11.8 Å². The van der Waals surface area contributed by atoms with Crippen molar-refractivity contribution in [3.63, 3.8) is 0 Å². The molecule has 2 rings (SSSR count). The van der Waals surface area contributed by atoms with Crippen LogP contribution in [0.2, 0.25) is 0 Å². The molecule has 0 spiro atoms. The molecule has 0 saturated carbocycles. The lowest BCUT2D eigenvalue weighted by atomic mass is 10.4. The van der Waals surface area contributed by atoms with Gasteiger partial charge in [0.15, 0.2) is 0 Å². The number of hydrogen-bond donors (Lipinski definition) is 2. The number of aromatic nitrogens is 2. The van der Waals surface area contributed by atoms with E-state index in [1.807, 2.05) is 0 Å². The number of H-pyrrole nitrogens is 1. The molecule has 0 bridgehead atoms. The third-order valence-corrected chi connectivity index (χ3v) is 5.92. The summed E-state index contributed by atoms with van der Waals surface area (Å²) in [5, 5.41) is 9.78. The maximum atomic E-state index is 12.6. The van der Waals surface area contributed by atoms with E-state index in [1.165, 1.54) is 0 Å². The van der Waals surface area contributed by atoms with Gasteiger partial charge in [-0.3, -0.25) is 5.10 Å². The Morgan fingerprint density at radius 3 is 2.72 bits per heavy atom. The van der Waals surface area contributed by atoms with E-state index in [9.17, 15) is 8.42 Å². The van der Waals surface area contributed by atoms with E-state index in [2.05, 4.69) is 15.5 Å². The number of nitrogens with one attached hydrogen (secondary N) is 2. The van der Waals surface area contributed by atoms with Crippen LogP contribution in [0.5, 0.6) is 0 Å². The number of sulfonamides is 1. The molecule has 1 aromatic heterocycles. The molecule has 2 heterocycles. The van der Waals surface area contributed by atoms with E-state index in [4.69, 9.17) is 0 Å². The predicted molar refractivity (Wildman–Crippen MR) is 72.2 cm³/mol. The Kier molecular flexibility index (Phi) is 4.31. The lowest BCUT2D eigenvalue weighted by Crippen LogP contribution is -2.38. The molecule has 1 aromatic rings. The molecule has 1 aliphatic heterocycles. The minimum atomic E-state index is -3.42. The van der Waals surface area contributed by atoms with E-state index >= 15 is 0 Å². The molecule has 0 atom stereocenters. The van der Waals surface area contributed by atoms with Gasteiger partial charge in [0.2, 0.25) is 10.0 Å². The van der Waals surface area contributed by atoms with E-state index < -0.39 is 10.0 Å². The van der Waals surface area contributed by atoms with Crippen molar-refractivity contribution < 1.29 is 8.42 Å². The maximum absolute atomic E-state index is 12.6. The lowest BCUT2D eigenvalue weighted by Gasteiger charge is -2.25. The summed E-state index contributed by atoms with van der Waals surface area (Å²) in [7, 11) is -1.64. The summed E-state index contributed by atoms with van der Waals surface area (Å²) in [5.41, 5.74) is 1.17. The summed E-state index contributed by atoms with van der Waals surface area (Å²) >= 11 is 1.79. The minimum Gasteiger partial charge on any atom is -0.314 e. The Hall–Kier alpha value is -0.570. The molecule has 102 valence electrons. The number of nitrogens with zero attached hydrogens (tertiary/aromatic N) is 2. The highest BCUT2D eigenvalue weighted by Crippen LogP contribution is 2.24. The molecule has 6 nitrogen and oxygen atoms in total. The van der Waals surface area contributed by atoms with Gasteiger partial charge in [-0.15, -0.1) is 0 Å². The molecule has 8 heteroatoms. The summed E-state index contributed by atoms with van der Waals surface area (Å²) in [6, 6.07) is 0. The molecule has 18 heavy (non-hydrogen) atoms. The second-order valence-corrected chi connectivity index (χ2v) is 7.27. The lowest BCUT2D eigenvalue weighted by molar-refractivity contribution is 0.442. The van der Waals surface area contributed by atoms with Crippen LogP contribution in [-0.4, -0.2) is 54.6 Å². The number of aryl methyl sites for hydroxylation is 1. The van der Waals surface area contributed by atoms with Crippen LogP contribution in [0, 0.1) is 6.92 Å². The van der Waals surface area contributed by atoms with E-state index in [0.29, 0.717) is 35.9 Å². The van der Waals surface area contributed by atoms with Gasteiger partial charge in [-0.2, -0.15) is 21.2 Å². The molecule has 2 N–H and O–H groups in total. The topological polar surface area (TPSA) is 78.1 Å². The summed E-state index contributed by atoms with van der Waals surface area (Å²) in [5.74, 6) is 1.72. The van der Waals surface area contributed by atoms with Crippen molar-refractivity contribution in [1.82, 2.24) is 19.8 Å². The average Bonchev–Trinajstić information content (AvgIpc) is 2.73. The second kappa shape index (κ2) is 5.60. The molecule has 0 aliphatic carbocycles. The molecular weight excluding hydrogens is 272 g/mol. The Labute approximate surface area is 112 Å². The highest BCUT2D eigenvalue weighted by Gasteiger charge is 2.31. The molecule has 1 saturated heterocycles. The van der Waals surface area contributed by atoms with Crippen LogP contribution in [0.4, 0.5) is 0 Å². The first-order valence-electron chi connectivity index (χ1n) is 5.83. The van der Waals surface area contributed by atoms with Crippen LogP contribution in [0.15, 0.2) is 4.90 Å². The highest BCUT2D eigenvalue weighted by atomic mass is 32.2. The van der Waals surface area contributed by atoms with Gasteiger partial charge in [0.1, 0.15) is 4.90 Å². The normalized spacial score (nSPS) is 18.1. The van der Waals surface area contributed by atoms with Gasteiger partial charge >= 0.3 is 0 Å². The maximum Gasteiger partial charge on any atom is 0.246 e. The van der Waals surface area contributed by atoms with Gasteiger partial charge < -0.3 is 5.32 Å². The summed E-state index contributed by atoms with van der Waals surface area (Å²) in [6.07, 6.45) is 0. The monoisotopic (exact) mass is 290 g/mol. The minimum absolute atomic E-state index is 0.337. The first-order valence-corrected chi connectivity index (χ1v) is 8.43. The smallest absolute Gasteiger partial charge is 0.246 e. The average molecular weight is 290 g/mol. The summed E-state index contributed by atoms with van der Waals surface area (Å²) in [4.78, 5) is 0.337. The summed E-state index contributed by atoms with van der Waals surface area (Å²) < 4.78 is 26.7. The van der Waals surface area contributed by atoms with Crippen LogP contribution in [0.25, 0.3) is 0 Å². The molecule has 1 aliphatic rings. The molecule has 0 aromatic carbocycles. The van der Waals surface area contributed by atoms with Crippen LogP contribution < -0.4 is 5.32 Å². The Balaban J connectivity index is 2.36. The number of thioether (sulfide) groups is 1.